The van der Waals surface area contributed by atoms with Crippen molar-refractivity contribution in [1.29, 1.82) is 0 Å². The second-order valence-corrected chi connectivity index (χ2v) is 19.4. The number of aliphatic hydroxyl groups excluding tert-OH is 2. The lowest BCUT2D eigenvalue weighted by molar-refractivity contribution is -0.0454. The fraction of sp³-hybridized carbons (Fsp3) is 0.431. The smallest absolute Gasteiger partial charge is 0.194 e. The first-order valence-electron chi connectivity index (χ1n) is 22.4. The lowest BCUT2D eigenvalue weighted by Crippen LogP contribution is -2.64. The van der Waals surface area contributed by atoms with E-state index in [2.05, 4.69) is 36.0 Å². The molecule has 9 aliphatic rings. The van der Waals surface area contributed by atoms with Crippen molar-refractivity contribution in [2.45, 2.75) is 85.9 Å². The lowest BCUT2D eigenvalue weighted by atomic mass is 9.53. The summed E-state index contributed by atoms with van der Waals surface area (Å²) in [5.41, 5.74) is 8.84. The number of likely N-dealkylation sites (tertiary alicyclic amines) is 2. The van der Waals surface area contributed by atoms with Gasteiger partial charge in [0.25, 0.3) is 0 Å². The van der Waals surface area contributed by atoms with Gasteiger partial charge in [-0.2, -0.15) is 0 Å². The standard InChI is InChI=1S/C51H50N2O9/c1-52-15-13-50-35-7-9-39(54)48(50)61-46-41(56)19-25(31(43(46)50)23-37(35)52)11-17-59-27-3-5-29-30-6-4-28(22-34(30)45(58)33(29)21-27)60-18-12-26-20-42(57)47-44-32(26)24-38-36-8-10-40(55)49(62-47)51(36,44)14-16-53(38)2/h3-10,19-22,35-40,48-49,54-57H,11-18,23-24H2,1-2H3/t35-,36-,37+,38+,39-,40-,48-,49-,50-,51-/m0/s1. The maximum Gasteiger partial charge on any atom is 0.194 e. The molecule has 10 atom stereocenters. The Morgan fingerprint density at radius 1 is 0.645 bits per heavy atom. The van der Waals surface area contributed by atoms with Gasteiger partial charge in [-0.05, 0) is 135 Å². The van der Waals surface area contributed by atoms with Gasteiger partial charge in [0.1, 0.15) is 35.9 Å². The predicted octanol–water partition coefficient (Wildman–Crippen LogP) is 5.16. The Labute approximate surface area is 359 Å². The van der Waals surface area contributed by atoms with E-state index in [1.165, 1.54) is 11.1 Å². The molecule has 2 spiro atoms. The number of fused-ring (bicyclic) bond motifs is 3. The minimum Gasteiger partial charge on any atom is -0.504 e. The maximum atomic E-state index is 13.9. The van der Waals surface area contributed by atoms with Crippen LogP contribution >= 0.6 is 0 Å². The van der Waals surface area contributed by atoms with Crippen LogP contribution in [0.5, 0.6) is 34.5 Å². The van der Waals surface area contributed by atoms with E-state index in [0.29, 0.717) is 60.2 Å². The molecule has 0 saturated carbocycles. The second-order valence-electron chi connectivity index (χ2n) is 19.4. The van der Waals surface area contributed by atoms with Gasteiger partial charge >= 0.3 is 0 Å². The van der Waals surface area contributed by atoms with Gasteiger partial charge < -0.3 is 49.2 Å². The normalized spacial score (nSPS) is 33.3. The number of phenolic OH excluding ortho intramolecular Hbond substituents is 2. The van der Waals surface area contributed by atoms with E-state index in [-0.39, 0.29) is 52.0 Å². The fourth-order valence-electron chi connectivity index (χ4n) is 14.0. The zero-order valence-electron chi connectivity index (χ0n) is 34.8. The summed E-state index contributed by atoms with van der Waals surface area (Å²) in [6.07, 6.45) is 10.4. The van der Waals surface area contributed by atoms with E-state index in [4.69, 9.17) is 18.9 Å². The molecule has 0 unspecified atom stereocenters. The highest BCUT2D eigenvalue weighted by Crippen LogP contribution is 2.64. The fourth-order valence-corrected chi connectivity index (χ4v) is 14.0. The lowest BCUT2D eigenvalue weighted by Gasteiger charge is -2.56. The van der Waals surface area contributed by atoms with Gasteiger partial charge in [-0.15, -0.1) is 0 Å². The van der Waals surface area contributed by atoms with Crippen LogP contribution < -0.4 is 18.9 Å². The first kappa shape index (κ1) is 37.2. The molecular weight excluding hydrogens is 785 g/mol. The summed E-state index contributed by atoms with van der Waals surface area (Å²) in [7, 11) is 4.36. The molecule has 0 aromatic heterocycles. The topological polar surface area (TPSA) is 141 Å². The number of ether oxygens (including phenoxy) is 4. The molecule has 4 aromatic rings. The summed E-state index contributed by atoms with van der Waals surface area (Å²) in [6, 6.07) is 15.6. The van der Waals surface area contributed by atoms with Crippen LogP contribution in [-0.2, 0) is 36.5 Å². The third-order valence-corrected chi connectivity index (χ3v) is 16.8. The Morgan fingerprint density at radius 2 is 1.10 bits per heavy atom. The van der Waals surface area contributed by atoms with E-state index in [1.807, 2.05) is 60.7 Å². The number of phenols is 2. The third-order valence-electron chi connectivity index (χ3n) is 16.8. The van der Waals surface area contributed by atoms with Gasteiger partial charge in [0.2, 0.25) is 0 Å². The molecule has 0 amide bonds. The Morgan fingerprint density at radius 3 is 1.55 bits per heavy atom. The Kier molecular flexibility index (Phi) is 7.74. The number of aromatic hydroxyl groups is 2. The number of carbonyl (C=O) groups is 1. The average molecular weight is 835 g/mol. The Hall–Kier alpha value is -5.33. The molecule has 5 aliphatic carbocycles. The van der Waals surface area contributed by atoms with Crippen molar-refractivity contribution in [2.75, 3.05) is 40.4 Å². The number of hydrogen-bond donors (Lipinski definition) is 4. The summed E-state index contributed by atoms with van der Waals surface area (Å²) >= 11 is 0. The van der Waals surface area contributed by atoms with Gasteiger partial charge in [0, 0.05) is 69.8 Å². The minimum atomic E-state index is -0.723. The molecular formula is C51H50N2O9. The molecule has 11 heteroatoms. The van der Waals surface area contributed by atoms with Crippen LogP contribution in [-0.4, -0.2) is 113 Å². The number of carbonyl (C=O) groups excluding carboxylic acids is 1. The quantitative estimate of drug-likeness (QED) is 0.154. The number of piperidine rings is 2. The summed E-state index contributed by atoms with van der Waals surface area (Å²) in [6.45, 7) is 2.55. The molecule has 4 heterocycles. The number of rotatable bonds is 8. The molecule has 2 saturated heterocycles. The summed E-state index contributed by atoms with van der Waals surface area (Å²) < 4.78 is 25.5. The molecule has 4 bridgehead atoms. The van der Waals surface area contributed by atoms with Crippen molar-refractivity contribution < 1.29 is 44.2 Å². The molecule has 318 valence electrons. The highest BCUT2D eigenvalue weighted by atomic mass is 16.5. The van der Waals surface area contributed by atoms with E-state index in [0.717, 1.165) is 72.2 Å². The number of benzene rings is 4. The van der Waals surface area contributed by atoms with Gasteiger partial charge in [-0.3, -0.25) is 4.79 Å². The molecule has 62 heavy (non-hydrogen) atoms. The summed E-state index contributed by atoms with van der Waals surface area (Å²) in [5, 5.41) is 44.6. The molecule has 0 radical (unpaired) electrons. The molecule has 13 rings (SSSR count). The van der Waals surface area contributed by atoms with Crippen LogP contribution in [0, 0.1) is 11.8 Å². The number of likely N-dealkylation sites (N-methyl/N-ethyl adjacent to an activating group) is 2. The van der Waals surface area contributed by atoms with Crippen molar-refractivity contribution in [1.82, 2.24) is 9.80 Å². The van der Waals surface area contributed by atoms with Crippen molar-refractivity contribution >= 4 is 5.78 Å². The SMILES string of the molecule is CN1CC[C@]23c4c5c(CCOc6ccc7c(c6)C(=O)c6cc(OCCc8cc(O)c9c%10c8C[C@@H]8[C@@H]%11C=C[C@H](O)[C@H](O9)[C@]%10%11CCN8C)ccc6-7)cc(O)c4O[C@H]2[C@@H](O)C=C[C@H]3[C@H]1C5. The van der Waals surface area contributed by atoms with Crippen molar-refractivity contribution in [3.8, 4) is 45.6 Å². The van der Waals surface area contributed by atoms with Crippen LogP contribution in [0.25, 0.3) is 11.1 Å². The summed E-state index contributed by atoms with van der Waals surface area (Å²) in [4.78, 5) is 18.8. The van der Waals surface area contributed by atoms with Crippen LogP contribution in [0.15, 0.2) is 72.8 Å². The Balaban J connectivity index is 0.709. The third kappa shape index (κ3) is 4.72. The monoisotopic (exact) mass is 834 g/mol. The molecule has 11 nitrogen and oxygen atoms in total. The number of hydrogen-bond acceptors (Lipinski definition) is 11. The van der Waals surface area contributed by atoms with E-state index < -0.39 is 24.4 Å². The second kappa shape index (κ2) is 12.9. The zero-order chi connectivity index (χ0) is 42.0. The van der Waals surface area contributed by atoms with Gasteiger partial charge in [0.05, 0.1) is 13.2 Å². The van der Waals surface area contributed by atoms with Crippen molar-refractivity contribution in [3.63, 3.8) is 0 Å². The number of aliphatic hydroxyl groups is 2. The van der Waals surface area contributed by atoms with E-state index >= 15 is 0 Å². The van der Waals surface area contributed by atoms with E-state index in [9.17, 15) is 25.2 Å². The van der Waals surface area contributed by atoms with Crippen LogP contribution in [0.2, 0.25) is 0 Å². The van der Waals surface area contributed by atoms with Crippen LogP contribution in [0.3, 0.4) is 0 Å². The number of nitrogens with zero attached hydrogens (tertiary/aromatic N) is 2. The largest absolute Gasteiger partial charge is 0.504 e. The molecule has 4 aliphatic heterocycles. The first-order valence-corrected chi connectivity index (χ1v) is 22.4. The highest BCUT2D eigenvalue weighted by molar-refractivity contribution is 6.22. The Bertz CT molecular complexity index is 2530. The number of ketones is 1. The minimum absolute atomic E-state index is 0.0719. The average Bonchev–Trinajstić information content (AvgIpc) is 3.90. The van der Waals surface area contributed by atoms with Gasteiger partial charge in [-0.1, -0.05) is 24.3 Å². The predicted molar refractivity (Wildman–Crippen MR) is 229 cm³/mol. The summed E-state index contributed by atoms with van der Waals surface area (Å²) in [5.74, 6) is 2.87. The highest BCUT2D eigenvalue weighted by Gasteiger charge is 2.66. The van der Waals surface area contributed by atoms with Crippen LogP contribution in [0.4, 0.5) is 0 Å². The first-order chi connectivity index (χ1) is 30.1. The van der Waals surface area contributed by atoms with E-state index in [1.54, 1.807) is 0 Å². The maximum absolute atomic E-state index is 13.9. The van der Waals surface area contributed by atoms with Crippen LogP contribution in [0.1, 0.15) is 62.1 Å². The molecule has 2 fully saturated rings. The zero-order valence-corrected chi connectivity index (χ0v) is 34.8. The van der Waals surface area contributed by atoms with Gasteiger partial charge in [-0.25, -0.2) is 0 Å². The van der Waals surface area contributed by atoms with Gasteiger partial charge in [0.15, 0.2) is 28.8 Å². The molecule has 4 N–H and O–H groups in total. The van der Waals surface area contributed by atoms with Crippen molar-refractivity contribution in [2.24, 2.45) is 11.8 Å². The van der Waals surface area contributed by atoms with Crippen molar-refractivity contribution in [3.05, 3.63) is 117 Å². The molecule has 4 aromatic carbocycles.